The molecule has 0 amide bonds. The molecule has 14 heavy (non-hydrogen) atoms. The summed E-state index contributed by atoms with van der Waals surface area (Å²) >= 11 is 0. The smallest absolute Gasteiger partial charge is 0.00779 e. The van der Waals surface area contributed by atoms with Gasteiger partial charge in [-0.05, 0) is 43.2 Å². The molecular weight excluding hydrogens is 168 g/mol. The Kier molecular flexibility index (Phi) is 3.36. The van der Waals surface area contributed by atoms with Crippen molar-refractivity contribution in [3.63, 3.8) is 0 Å². The van der Waals surface area contributed by atoms with Gasteiger partial charge in [0, 0.05) is 0 Å². The van der Waals surface area contributed by atoms with E-state index in [1.54, 1.807) is 0 Å². The number of aryl methyl sites for hydroxylation is 2. The van der Waals surface area contributed by atoms with E-state index in [0.29, 0.717) is 5.41 Å². The van der Waals surface area contributed by atoms with Crippen LogP contribution in [0.4, 0.5) is 0 Å². The van der Waals surface area contributed by atoms with E-state index in [0.717, 1.165) is 0 Å². The molecule has 1 rings (SSSR count). The van der Waals surface area contributed by atoms with E-state index < -0.39 is 0 Å². The number of benzene rings is 1. The van der Waals surface area contributed by atoms with Crippen LogP contribution < -0.4 is 0 Å². The average Bonchev–Trinajstić information content (AvgIpc) is 2.17. The van der Waals surface area contributed by atoms with Gasteiger partial charge in [0.25, 0.3) is 0 Å². The van der Waals surface area contributed by atoms with Crippen LogP contribution in [0.2, 0.25) is 0 Å². The summed E-state index contributed by atoms with van der Waals surface area (Å²) in [6.45, 7) is 11.3. The minimum atomic E-state index is 0.359. The molecule has 0 unspecified atom stereocenters. The van der Waals surface area contributed by atoms with Crippen LogP contribution in [0.15, 0.2) is 18.2 Å². The van der Waals surface area contributed by atoms with Gasteiger partial charge in [-0.3, -0.25) is 0 Å². The normalized spacial score (nSPS) is 11.8. The molecule has 0 saturated heterocycles. The van der Waals surface area contributed by atoms with Crippen LogP contribution in [0.1, 0.15) is 50.3 Å². The first-order chi connectivity index (χ1) is 6.53. The highest BCUT2D eigenvalue weighted by Gasteiger charge is 2.23. The Bertz CT molecular complexity index is 306. The lowest BCUT2D eigenvalue weighted by Gasteiger charge is -2.29. The zero-order valence-corrected chi connectivity index (χ0v) is 10.1. The van der Waals surface area contributed by atoms with Crippen molar-refractivity contribution in [3.8, 4) is 0 Å². The average molecular weight is 190 g/mol. The fraction of sp³-hybridized carbons (Fsp3) is 0.571. The molecule has 0 heteroatoms. The maximum Gasteiger partial charge on any atom is -0.00779 e. The monoisotopic (exact) mass is 190 g/mol. The molecule has 1 aromatic carbocycles. The highest BCUT2D eigenvalue weighted by Crippen LogP contribution is 2.33. The van der Waals surface area contributed by atoms with E-state index >= 15 is 0 Å². The number of rotatable bonds is 3. The highest BCUT2D eigenvalue weighted by molar-refractivity contribution is 5.35. The summed E-state index contributed by atoms with van der Waals surface area (Å²) in [5.74, 6) is 0. The molecule has 0 radical (unpaired) electrons. The van der Waals surface area contributed by atoms with Gasteiger partial charge in [0.2, 0.25) is 0 Å². The first kappa shape index (κ1) is 11.3. The van der Waals surface area contributed by atoms with Crippen molar-refractivity contribution in [1.82, 2.24) is 0 Å². The lowest BCUT2D eigenvalue weighted by molar-refractivity contribution is 0.436. The molecule has 0 aromatic heterocycles. The van der Waals surface area contributed by atoms with E-state index in [1.807, 2.05) is 0 Å². The zero-order chi connectivity index (χ0) is 10.8. The molecular formula is C14H22. The van der Waals surface area contributed by atoms with Crippen LogP contribution in [0.25, 0.3) is 0 Å². The van der Waals surface area contributed by atoms with Crippen molar-refractivity contribution in [3.05, 3.63) is 34.9 Å². The van der Waals surface area contributed by atoms with Crippen LogP contribution in [0, 0.1) is 13.8 Å². The summed E-state index contributed by atoms with van der Waals surface area (Å²) in [5, 5.41) is 0. The molecule has 0 heterocycles. The second kappa shape index (κ2) is 4.16. The molecule has 0 atom stereocenters. The summed E-state index contributed by atoms with van der Waals surface area (Å²) in [5.41, 5.74) is 4.68. The first-order valence-electron chi connectivity index (χ1n) is 5.61. The number of hydrogen-bond donors (Lipinski definition) is 0. The quantitative estimate of drug-likeness (QED) is 0.663. The van der Waals surface area contributed by atoms with Crippen molar-refractivity contribution in [2.24, 2.45) is 0 Å². The van der Waals surface area contributed by atoms with Crippen molar-refractivity contribution >= 4 is 0 Å². The molecule has 0 aliphatic carbocycles. The molecule has 0 fully saturated rings. The van der Waals surface area contributed by atoms with Crippen LogP contribution in [0.3, 0.4) is 0 Å². The third-order valence-electron chi connectivity index (χ3n) is 3.59. The van der Waals surface area contributed by atoms with Gasteiger partial charge in [-0.1, -0.05) is 44.5 Å². The topological polar surface area (TPSA) is 0 Å². The Balaban J connectivity index is 3.17. The van der Waals surface area contributed by atoms with Crippen molar-refractivity contribution in [1.29, 1.82) is 0 Å². The third kappa shape index (κ3) is 2.00. The summed E-state index contributed by atoms with van der Waals surface area (Å²) in [6.07, 6.45) is 2.43. The Hall–Kier alpha value is -0.780. The third-order valence-corrected chi connectivity index (χ3v) is 3.59. The standard InChI is InChI=1S/C14H22/c1-6-14(5,7-2)13-9-8-11(3)10-12(13)4/h8-10H,6-7H2,1-5H3. The molecule has 0 nitrogen and oxygen atoms in total. The lowest BCUT2D eigenvalue weighted by Crippen LogP contribution is -2.20. The molecule has 0 N–H and O–H groups in total. The van der Waals surface area contributed by atoms with Gasteiger partial charge in [0.15, 0.2) is 0 Å². The van der Waals surface area contributed by atoms with E-state index in [2.05, 4.69) is 52.8 Å². The maximum atomic E-state index is 2.37. The molecule has 0 aliphatic heterocycles. The van der Waals surface area contributed by atoms with E-state index in [-0.39, 0.29) is 0 Å². The molecule has 0 spiro atoms. The second-order valence-corrected chi connectivity index (χ2v) is 4.59. The van der Waals surface area contributed by atoms with Crippen molar-refractivity contribution in [2.45, 2.75) is 52.9 Å². The van der Waals surface area contributed by atoms with Crippen LogP contribution in [-0.2, 0) is 5.41 Å². The predicted octanol–water partition coefficient (Wildman–Crippen LogP) is 4.38. The van der Waals surface area contributed by atoms with Gasteiger partial charge in [0.05, 0.1) is 0 Å². The van der Waals surface area contributed by atoms with Gasteiger partial charge in [-0.2, -0.15) is 0 Å². The van der Waals surface area contributed by atoms with Gasteiger partial charge in [-0.15, -0.1) is 0 Å². The molecule has 0 saturated carbocycles. The zero-order valence-electron chi connectivity index (χ0n) is 10.1. The van der Waals surface area contributed by atoms with Crippen molar-refractivity contribution in [2.75, 3.05) is 0 Å². The Morgan fingerprint density at radius 1 is 1.07 bits per heavy atom. The minimum Gasteiger partial charge on any atom is -0.0645 e. The molecule has 0 aliphatic rings. The van der Waals surface area contributed by atoms with E-state index in [9.17, 15) is 0 Å². The molecule has 1 aromatic rings. The van der Waals surface area contributed by atoms with Gasteiger partial charge in [-0.25, -0.2) is 0 Å². The SMILES string of the molecule is CCC(C)(CC)c1ccc(C)cc1C. The first-order valence-corrected chi connectivity index (χ1v) is 5.61. The fourth-order valence-electron chi connectivity index (χ4n) is 2.12. The summed E-state index contributed by atoms with van der Waals surface area (Å²) < 4.78 is 0. The summed E-state index contributed by atoms with van der Waals surface area (Å²) in [7, 11) is 0. The maximum absolute atomic E-state index is 2.37. The highest BCUT2D eigenvalue weighted by atomic mass is 14.3. The molecule has 0 bridgehead atoms. The van der Waals surface area contributed by atoms with Gasteiger partial charge >= 0.3 is 0 Å². The van der Waals surface area contributed by atoms with Crippen LogP contribution in [-0.4, -0.2) is 0 Å². The predicted molar refractivity (Wildman–Crippen MR) is 63.9 cm³/mol. The van der Waals surface area contributed by atoms with Crippen LogP contribution >= 0.6 is 0 Å². The minimum absolute atomic E-state index is 0.359. The fourth-order valence-corrected chi connectivity index (χ4v) is 2.12. The summed E-state index contributed by atoms with van der Waals surface area (Å²) in [4.78, 5) is 0. The number of hydrogen-bond acceptors (Lipinski definition) is 0. The lowest BCUT2D eigenvalue weighted by atomic mass is 9.76. The van der Waals surface area contributed by atoms with E-state index in [1.165, 1.54) is 29.5 Å². The van der Waals surface area contributed by atoms with Gasteiger partial charge < -0.3 is 0 Å². The Morgan fingerprint density at radius 2 is 1.64 bits per heavy atom. The second-order valence-electron chi connectivity index (χ2n) is 4.59. The molecule has 78 valence electrons. The Morgan fingerprint density at radius 3 is 2.07 bits per heavy atom. The van der Waals surface area contributed by atoms with Gasteiger partial charge in [0.1, 0.15) is 0 Å². The summed E-state index contributed by atoms with van der Waals surface area (Å²) in [6, 6.07) is 6.82. The largest absolute Gasteiger partial charge is 0.0645 e. The Labute approximate surface area is 88.4 Å². The van der Waals surface area contributed by atoms with Crippen LogP contribution in [0.5, 0.6) is 0 Å². The van der Waals surface area contributed by atoms with E-state index in [4.69, 9.17) is 0 Å². The van der Waals surface area contributed by atoms with Crippen molar-refractivity contribution < 1.29 is 0 Å².